The number of piperidine rings is 2. The van der Waals surface area contributed by atoms with Crippen molar-refractivity contribution in [3.8, 4) is 6.07 Å². The van der Waals surface area contributed by atoms with Crippen LogP contribution in [0.3, 0.4) is 0 Å². The van der Waals surface area contributed by atoms with Crippen molar-refractivity contribution in [1.29, 1.82) is 5.26 Å². The lowest BCUT2D eigenvalue weighted by Gasteiger charge is -2.48. The number of anilines is 1. The zero-order valence-corrected chi connectivity index (χ0v) is 14.0. The van der Waals surface area contributed by atoms with Crippen molar-refractivity contribution in [3.05, 3.63) is 29.3 Å². The average molecular weight is 363 g/mol. The summed E-state index contributed by atoms with van der Waals surface area (Å²) in [7, 11) is 1.91. The van der Waals surface area contributed by atoms with Crippen molar-refractivity contribution in [3.63, 3.8) is 0 Å². The number of carbonyl (C=O) groups is 2. The molecule has 0 spiro atoms. The van der Waals surface area contributed by atoms with E-state index in [1.54, 1.807) is 0 Å². The Kier molecular flexibility index (Phi) is 3.63. The van der Waals surface area contributed by atoms with Gasteiger partial charge >= 0.3 is 6.18 Å². The van der Waals surface area contributed by atoms with Crippen LogP contribution in [-0.4, -0.2) is 36.3 Å². The summed E-state index contributed by atoms with van der Waals surface area (Å²) in [6, 6.07) is 4.45. The molecule has 2 bridgehead atoms. The third kappa shape index (κ3) is 2.27. The molecule has 1 aliphatic carbocycles. The third-order valence-corrected chi connectivity index (χ3v) is 5.93. The lowest BCUT2D eigenvalue weighted by Crippen LogP contribution is -2.56. The molecular weight excluding hydrogens is 347 g/mol. The second-order valence-electron chi connectivity index (χ2n) is 7.25. The number of fused-ring (bicyclic) bond motifs is 2. The minimum absolute atomic E-state index is 0.0491. The van der Waals surface area contributed by atoms with Crippen LogP contribution in [0, 0.1) is 29.1 Å². The molecule has 5 rings (SSSR count). The van der Waals surface area contributed by atoms with E-state index in [2.05, 4.69) is 4.90 Å². The van der Waals surface area contributed by atoms with Gasteiger partial charge in [-0.15, -0.1) is 0 Å². The number of hydrogen-bond acceptors (Lipinski definition) is 4. The second kappa shape index (κ2) is 5.55. The minimum atomic E-state index is -4.74. The first kappa shape index (κ1) is 17.0. The van der Waals surface area contributed by atoms with Gasteiger partial charge in [-0.1, -0.05) is 0 Å². The van der Waals surface area contributed by atoms with E-state index in [1.807, 2.05) is 7.05 Å². The molecule has 1 aromatic rings. The topological polar surface area (TPSA) is 64.4 Å². The minimum Gasteiger partial charge on any atom is -0.302 e. The number of nitriles is 1. The van der Waals surface area contributed by atoms with Crippen molar-refractivity contribution in [2.24, 2.45) is 17.8 Å². The molecule has 2 amide bonds. The summed E-state index contributed by atoms with van der Waals surface area (Å²) >= 11 is 0. The first-order chi connectivity index (χ1) is 12.2. The lowest BCUT2D eigenvalue weighted by atomic mass is 9.66. The van der Waals surface area contributed by atoms with Gasteiger partial charge in [0.25, 0.3) is 0 Å². The van der Waals surface area contributed by atoms with Gasteiger partial charge in [0.15, 0.2) is 0 Å². The number of alkyl halides is 3. The Balaban J connectivity index is 1.77. The van der Waals surface area contributed by atoms with E-state index < -0.39 is 41.0 Å². The van der Waals surface area contributed by atoms with E-state index in [4.69, 9.17) is 5.26 Å². The Labute approximate surface area is 148 Å². The van der Waals surface area contributed by atoms with E-state index in [1.165, 1.54) is 12.1 Å². The van der Waals surface area contributed by atoms with Crippen molar-refractivity contribution >= 4 is 17.5 Å². The number of amides is 2. The average Bonchev–Trinajstić information content (AvgIpc) is 2.87. The Morgan fingerprint density at radius 2 is 1.85 bits per heavy atom. The predicted molar refractivity (Wildman–Crippen MR) is 84.8 cm³/mol. The molecule has 1 saturated carbocycles. The van der Waals surface area contributed by atoms with Crippen LogP contribution in [-0.2, 0) is 15.8 Å². The number of halogens is 3. The van der Waals surface area contributed by atoms with Gasteiger partial charge in [-0.25, -0.2) is 4.90 Å². The maximum atomic E-state index is 13.2. The van der Waals surface area contributed by atoms with Crippen LogP contribution in [0.25, 0.3) is 0 Å². The molecular formula is C18H16F3N3O2. The van der Waals surface area contributed by atoms with Gasteiger partial charge < -0.3 is 4.90 Å². The normalized spacial score (nSPS) is 31.3. The van der Waals surface area contributed by atoms with E-state index in [0.29, 0.717) is 0 Å². The van der Waals surface area contributed by atoms with Gasteiger partial charge in [-0.3, -0.25) is 9.59 Å². The van der Waals surface area contributed by atoms with Crippen LogP contribution >= 0.6 is 0 Å². The maximum Gasteiger partial charge on any atom is 0.417 e. The van der Waals surface area contributed by atoms with Crippen LogP contribution in [0.4, 0.5) is 18.9 Å². The largest absolute Gasteiger partial charge is 0.417 e. The summed E-state index contributed by atoms with van der Waals surface area (Å²) in [6.45, 7) is 0.722. The molecule has 3 heterocycles. The van der Waals surface area contributed by atoms with Gasteiger partial charge in [0.1, 0.15) is 0 Å². The molecule has 8 heteroatoms. The molecule has 3 aliphatic heterocycles. The van der Waals surface area contributed by atoms with Gasteiger partial charge in [-0.05, 0) is 44.0 Å². The molecule has 4 fully saturated rings. The smallest absolute Gasteiger partial charge is 0.302 e. The summed E-state index contributed by atoms with van der Waals surface area (Å²) in [5.74, 6) is -1.75. The van der Waals surface area contributed by atoms with E-state index >= 15 is 0 Å². The quantitative estimate of drug-likeness (QED) is 0.719. The number of carbonyl (C=O) groups excluding carboxylic acids is 2. The van der Waals surface area contributed by atoms with E-state index in [0.717, 1.165) is 36.4 Å². The zero-order valence-electron chi connectivity index (χ0n) is 14.0. The highest BCUT2D eigenvalue weighted by atomic mass is 19.4. The molecule has 0 aromatic heterocycles. The Bertz CT molecular complexity index is 845. The second-order valence-corrected chi connectivity index (χ2v) is 7.25. The van der Waals surface area contributed by atoms with Crippen LogP contribution in [0.15, 0.2) is 18.2 Å². The molecule has 136 valence electrons. The molecule has 0 radical (unpaired) electrons. The van der Waals surface area contributed by atoms with Crippen molar-refractivity contribution < 1.29 is 22.8 Å². The van der Waals surface area contributed by atoms with Gasteiger partial charge in [-0.2, -0.15) is 18.4 Å². The molecule has 26 heavy (non-hydrogen) atoms. The number of benzene rings is 1. The number of nitrogens with zero attached hydrogens (tertiary/aromatic N) is 3. The fourth-order valence-electron chi connectivity index (χ4n) is 4.82. The highest BCUT2D eigenvalue weighted by molar-refractivity contribution is 6.22. The maximum absolute atomic E-state index is 13.2. The molecule has 4 aliphatic rings. The van der Waals surface area contributed by atoms with Crippen molar-refractivity contribution in [2.75, 3.05) is 18.5 Å². The standard InChI is InChI=1S/C18H16F3N3O2/c1-23-8-10-3-5-13(23)15-14(10)16(25)24(17(15)26)11-4-2-9(7-22)12(6-11)18(19,20)21/h2,4,6,10,13-15H,3,5,8H2,1H3. The van der Waals surface area contributed by atoms with Crippen LogP contribution in [0.5, 0.6) is 0 Å². The fraction of sp³-hybridized carbons (Fsp3) is 0.500. The number of imide groups is 1. The molecule has 5 nitrogen and oxygen atoms in total. The van der Waals surface area contributed by atoms with Crippen LogP contribution < -0.4 is 4.90 Å². The zero-order chi connectivity index (χ0) is 18.8. The van der Waals surface area contributed by atoms with Crippen LogP contribution in [0.2, 0.25) is 0 Å². The Morgan fingerprint density at radius 3 is 2.46 bits per heavy atom. The fourth-order valence-corrected chi connectivity index (χ4v) is 4.82. The molecule has 0 N–H and O–H groups in total. The summed E-state index contributed by atoms with van der Waals surface area (Å²) < 4.78 is 39.7. The Hall–Kier alpha value is -2.40. The predicted octanol–water partition coefficient (Wildman–Crippen LogP) is 2.41. The monoisotopic (exact) mass is 363 g/mol. The molecule has 4 unspecified atom stereocenters. The van der Waals surface area contributed by atoms with Gasteiger partial charge in [0, 0.05) is 12.6 Å². The summed E-state index contributed by atoms with van der Waals surface area (Å²) in [6.07, 6.45) is -3.07. The third-order valence-electron chi connectivity index (χ3n) is 5.93. The highest BCUT2D eigenvalue weighted by Gasteiger charge is 2.60. The lowest BCUT2D eigenvalue weighted by molar-refractivity contribution is -0.138. The molecule has 3 saturated heterocycles. The van der Waals surface area contributed by atoms with Crippen molar-refractivity contribution in [2.45, 2.75) is 25.1 Å². The van der Waals surface area contributed by atoms with E-state index in [9.17, 15) is 22.8 Å². The van der Waals surface area contributed by atoms with Gasteiger partial charge in [0.05, 0.1) is 34.7 Å². The first-order valence-corrected chi connectivity index (χ1v) is 8.43. The SMILES string of the molecule is CN1CC2CCC1C1C(=O)N(c3ccc(C#N)c(C(F)(F)F)c3)C(=O)C21. The van der Waals surface area contributed by atoms with E-state index in [-0.39, 0.29) is 17.6 Å². The van der Waals surface area contributed by atoms with Crippen LogP contribution in [0.1, 0.15) is 24.0 Å². The highest BCUT2D eigenvalue weighted by Crippen LogP contribution is 2.49. The number of hydrogen-bond donors (Lipinski definition) is 0. The first-order valence-electron chi connectivity index (χ1n) is 8.43. The summed E-state index contributed by atoms with van der Waals surface area (Å²) in [5.41, 5.74) is -1.77. The van der Waals surface area contributed by atoms with Crippen molar-refractivity contribution in [1.82, 2.24) is 4.90 Å². The summed E-state index contributed by atoms with van der Waals surface area (Å²) in [4.78, 5) is 28.8. The van der Waals surface area contributed by atoms with Gasteiger partial charge in [0.2, 0.25) is 11.8 Å². The number of rotatable bonds is 1. The summed E-state index contributed by atoms with van der Waals surface area (Å²) in [5, 5.41) is 8.91. The Morgan fingerprint density at radius 1 is 1.15 bits per heavy atom. The molecule has 4 atom stereocenters. The molecule has 1 aromatic carbocycles.